The molecule has 1 aromatic carbocycles. The molecular formula is C16H14FN5S. The number of pyridine rings is 1. The van der Waals surface area contributed by atoms with E-state index in [1.165, 1.54) is 6.07 Å². The van der Waals surface area contributed by atoms with E-state index in [0.29, 0.717) is 18.1 Å². The topological polar surface area (TPSA) is 46.8 Å². The maximum absolute atomic E-state index is 14.1. The molecule has 0 unspecified atom stereocenters. The number of thioether (sulfide) groups is 1. The van der Waals surface area contributed by atoms with E-state index in [9.17, 15) is 4.39 Å². The van der Waals surface area contributed by atoms with Gasteiger partial charge in [0.1, 0.15) is 5.82 Å². The molecule has 1 aliphatic heterocycles. The van der Waals surface area contributed by atoms with Crippen LogP contribution in [0.15, 0.2) is 53.9 Å². The lowest BCUT2D eigenvalue weighted by Gasteiger charge is -2.27. The van der Waals surface area contributed by atoms with Crippen molar-refractivity contribution in [3.63, 3.8) is 0 Å². The molecule has 5 nitrogen and oxygen atoms in total. The van der Waals surface area contributed by atoms with Crippen LogP contribution in [0.1, 0.15) is 5.56 Å². The third-order valence-corrected chi connectivity index (χ3v) is 4.73. The molecule has 23 heavy (non-hydrogen) atoms. The van der Waals surface area contributed by atoms with E-state index < -0.39 is 0 Å². The zero-order valence-corrected chi connectivity index (χ0v) is 13.1. The van der Waals surface area contributed by atoms with Crippen LogP contribution < -0.4 is 0 Å². The van der Waals surface area contributed by atoms with Crippen molar-refractivity contribution in [1.29, 1.82) is 0 Å². The normalized spacial score (nSPS) is 14.7. The molecule has 116 valence electrons. The number of halogens is 1. The molecule has 7 heteroatoms. The molecule has 3 heterocycles. The molecule has 1 aliphatic rings. The van der Waals surface area contributed by atoms with E-state index in [2.05, 4.69) is 26.1 Å². The third-order valence-electron chi connectivity index (χ3n) is 3.68. The first kappa shape index (κ1) is 14.3. The number of rotatable bonds is 3. The Morgan fingerprint density at radius 3 is 2.87 bits per heavy atom. The average Bonchev–Trinajstić information content (AvgIpc) is 2.99. The number of fused-ring (bicyclic) bond motifs is 1. The fourth-order valence-corrected chi connectivity index (χ4v) is 3.47. The number of benzene rings is 1. The molecule has 0 bridgehead atoms. The van der Waals surface area contributed by atoms with Crippen LogP contribution in [-0.4, -0.2) is 30.5 Å². The number of aromatic nitrogens is 4. The molecule has 0 aliphatic carbocycles. The Morgan fingerprint density at radius 1 is 1.13 bits per heavy atom. The van der Waals surface area contributed by atoms with Crippen molar-refractivity contribution < 1.29 is 4.39 Å². The molecular weight excluding hydrogens is 313 g/mol. The maximum Gasteiger partial charge on any atom is 0.193 e. The highest BCUT2D eigenvalue weighted by atomic mass is 32.2. The van der Waals surface area contributed by atoms with Gasteiger partial charge >= 0.3 is 0 Å². The fourth-order valence-electron chi connectivity index (χ4n) is 2.60. The summed E-state index contributed by atoms with van der Waals surface area (Å²) in [6.07, 6.45) is 3.63. The van der Waals surface area contributed by atoms with Gasteiger partial charge in [0.05, 0.1) is 18.1 Å². The van der Waals surface area contributed by atoms with Gasteiger partial charge in [-0.3, -0.25) is 14.5 Å². The molecule has 0 saturated carbocycles. The van der Waals surface area contributed by atoms with Gasteiger partial charge in [0, 0.05) is 18.9 Å². The van der Waals surface area contributed by atoms with Crippen molar-refractivity contribution in [3.8, 4) is 11.4 Å². The van der Waals surface area contributed by atoms with Gasteiger partial charge < -0.3 is 0 Å². The van der Waals surface area contributed by atoms with Crippen molar-refractivity contribution in [1.82, 2.24) is 24.6 Å². The summed E-state index contributed by atoms with van der Waals surface area (Å²) >= 11 is 1.61. The first-order chi connectivity index (χ1) is 11.3. The summed E-state index contributed by atoms with van der Waals surface area (Å²) in [5.74, 6) is 1.11. The quantitative estimate of drug-likeness (QED) is 0.740. The Kier molecular flexibility index (Phi) is 3.80. The highest BCUT2D eigenvalue weighted by molar-refractivity contribution is 7.99. The van der Waals surface area contributed by atoms with Crippen molar-refractivity contribution in [2.45, 2.75) is 18.4 Å². The van der Waals surface area contributed by atoms with Crippen molar-refractivity contribution in [2.75, 3.05) is 5.88 Å². The van der Waals surface area contributed by atoms with Crippen molar-refractivity contribution >= 4 is 11.8 Å². The Labute approximate surface area is 137 Å². The first-order valence-corrected chi connectivity index (χ1v) is 8.22. The van der Waals surface area contributed by atoms with E-state index in [-0.39, 0.29) is 5.82 Å². The van der Waals surface area contributed by atoms with Gasteiger partial charge in [-0.1, -0.05) is 30.0 Å². The summed E-state index contributed by atoms with van der Waals surface area (Å²) in [6.45, 7) is 1.42. The predicted molar refractivity (Wildman–Crippen MR) is 85.9 cm³/mol. The van der Waals surface area contributed by atoms with E-state index in [1.54, 1.807) is 30.1 Å². The SMILES string of the molecule is Fc1ccccc1-c1nnc2n1CN(Cc1cccnc1)CS2. The van der Waals surface area contributed by atoms with Crippen LogP contribution in [0.3, 0.4) is 0 Å². The van der Waals surface area contributed by atoms with Gasteiger partial charge in [-0.25, -0.2) is 4.39 Å². The van der Waals surface area contributed by atoms with Crippen molar-refractivity contribution in [3.05, 3.63) is 60.2 Å². The molecule has 0 N–H and O–H groups in total. The fraction of sp³-hybridized carbons (Fsp3) is 0.188. The molecule has 0 fully saturated rings. The highest BCUT2D eigenvalue weighted by Crippen LogP contribution is 2.30. The number of hydrogen-bond acceptors (Lipinski definition) is 5. The Hall–Kier alpha value is -2.25. The number of hydrogen-bond donors (Lipinski definition) is 0. The molecule has 0 radical (unpaired) electrons. The van der Waals surface area contributed by atoms with Crippen LogP contribution in [0.5, 0.6) is 0 Å². The summed E-state index contributed by atoms with van der Waals surface area (Å²) < 4.78 is 16.0. The molecule has 4 rings (SSSR count). The maximum atomic E-state index is 14.1. The molecule has 0 saturated heterocycles. The van der Waals surface area contributed by atoms with Gasteiger partial charge in [0.15, 0.2) is 11.0 Å². The minimum atomic E-state index is -0.280. The van der Waals surface area contributed by atoms with Crippen LogP contribution in [-0.2, 0) is 13.2 Å². The van der Waals surface area contributed by atoms with Gasteiger partial charge in [-0.05, 0) is 23.8 Å². The Morgan fingerprint density at radius 2 is 2.04 bits per heavy atom. The standard InChI is InChI=1S/C16H14FN5S/c17-14-6-2-1-5-13(14)15-19-20-16-22(15)10-21(11-23-16)9-12-4-3-7-18-8-12/h1-8H,9-11H2. The summed E-state index contributed by atoms with van der Waals surface area (Å²) in [7, 11) is 0. The van der Waals surface area contributed by atoms with E-state index >= 15 is 0 Å². The lowest BCUT2D eigenvalue weighted by molar-refractivity contribution is 0.231. The van der Waals surface area contributed by atoms with E-state index in [1.807, 2.05) is 22.9 Å². The smallest absolute Gasteiger partial charge is 0.193 e. The lowest BCUT2D eigenvalue weighted by atomic mass is 10.2. The van der Waals surface area contributed by atoms with Crippen LogP contribution >= 0.6 is 11.8 Å². The van der Waals surface area contributed by atoms with Crippen LogP contribution in [0.25, 0.3) is 11.4 Å². The summed E-state index contributed by atoms with van der Waals surface area (Å²) in [5, 5.41) is 9.19. The second-order valence-corrected chi connectivity index (χ2v) is 6.23. The molecule has 0 amide bonds. The number of nitrogens with zero attached hydrogens (tertiary/aromatic N) is 5. The largest absolute Gasteiger partial charge is 0.288 e. The summed E-state index contributed by atoms with van der Waals surface area (Å²) in [6, 6.07) is 10.6. The summed E-state index contributed by atoms with van der Waals surface area (Å²) in [5.41, 5.74) is 1.63. The highest BCUT2D eigenvalue weighted by Gasteiger charge is 2.23. The minimum absolute atomic E-state index is 0.280. The average molecular weight is 327 g/mol. The summed E-state index contributed by atoms with van der Waals surface area (Å²) in [4.78, 5) is 6.40. The van der Waals surface area contributed by atoms with Gasteiger partial charge in [0.2, 0.25) is 0 Å². The Balaban J connectivity index is 1.62. The van der Waals surface area contributed by atoms with Gasteiger partial charge in [0.25, 0.3) is 0 Å². The van der Waals surface area contributed by atoms with Crippen LogP contribution in [0.2, 0.25) is 0 Å². The zero-order chi connectivity index (χ0) is 15.6. The Bertz CT molecular complexity index is 820. The first-order valence-electron chi connectivity index (χ1n) is 7.23. The molecule has 0 spiro atoms. The second kappa shape index (κ2) is 6.10. The zero-order valence-electron chi connectivity index (χ0n) is 12.3. The van der Waals surface area contributed by atoms with Gasteiger partial charge in [-0.2, -0.15) is 0 Å². The van der Waals surface area contributed by atoms with E-state index in [0.717, 1.165) is 23.1 Å². The minimum Gasteiger partial charge on any atom is -0.288 e. The molecule has 2 aromatic heterocycles. The molecule has 3 aromatic rings. The molecule has 0 atom stereocenters. The third kappa shape index (κ3) is 2.85. The van der Waals surface area contributed by atoms with E-state index in [4.69, 9.17) is 0 Å². The lowest BCUT2D eigenvalue weighted by Crippen LogP contribution is -2.30. The van der Waals surface area contributed by atoms with Gasteiger partial charge in [-0.15, -0.1) is 10.2 Å². The monoisotopic (exact) mass is 327 g/mol. The van der Waals surface area contributed by atoms with Crippen LogP contribution in [0, 0.1) is 5.82 Å². The van der Waals surface area contributed by atoms with Crippen molar-refractivity contribution in [2.24, 2.45) is 0 Å². The second-order valence-electron chi connectivity index (χ2n) is 5.32. The van der Waals surface area contributed by atoms with Crippen LogP contribution in [0.4, 0.5) is 4.39 Å². The predicted octanol–water partition coefficient (Wildman–Crippen LogP) is 3.00.